The molecule has 0 aromatic heterocycles. The SMILES string of the molecule is Cc1ccc(Br)cc1NC(=O)C(N)CC(C)C. The molecule has 0 aliphatic heterocycles. The number of amides is 1. The number of carbonyl (C=O) groups excluding carboxylic acids is 1. The second-order valence-corrected chi connectivity index (χ2v) is 5.60. The first kappa shape index (κ1) is 14.2. The molecular formula is C13H19BrN2O. The number of nitrogens with two attached hydrogens (primary N) is 1. The zero-order valence-electron chi connectivity index (χ0n) is 10.5. The third-order valence-corrected chi connectivity index (χ3v) is 3.01. The predicted molar refractivity (Wildman–Crippen MR) is 74.9 cm³/mol. The molecule has 3 nitrogen and oxygen atoms in total. The lowest BCUT2D eigenvalue weighted by Crippen LogP contribution is -2.36. The zero-order chi connectivity index (χ0) is 13.0. The van der Waals surface area contributed by atoms with E-state index in [2.05, 4.69) is 35.1 Å². The van der Waals surface area contributed by atoms with Gasteiger partial charge in [-0.15, -0.1) is 0 Å². The third kappa shape index (κ3) is 4.48. The summed E-state index contributed by atoms with van der Waals surface area (Å²) in [5.41, 5.74) is 7.67. The molecular weight excluding hydrogens is 280 g/mol. The maximum atomic E-state index is 11.9. The molecule has 0 heterocycles. The lowest BCUT2D eigenvalue weighted by atomic mass is 10.0. The molecule has 1 aromatic rings. The number of hydrogen-bond donors (Lipinski definition) is 2. The van der Waals surface area contributed by atoms with Gasteiger partial charge in [0.2, 0.25) is 5.91 Å². The molecule has 0 aliphatic carbocycles. The summed E-state index contributed by atoms with van der Waals surface area (Å²) in [6, 6.07) is 5.33. The topological polar surface area (TPSA) is 55.1 Å². The molecule has 1 aromatic carbocycles. The van der Waals surface area contributed by atoms with E-state index < -0.39 is 6.04 Å². The smallest absolute Gasteiger partial charge is 0.241 e. The van der Waals surface area contributed by atoms with E-state index in [0.29, 0.717) is 12.3 Å². The summed E-state index contributed by atoms with van der Waals surface area (Å²) >= 11 is 3.38. The van der Waals surface area contributed by atoms with Crippen molar-refractivity contribution in [2.45, 2.75) is 33.2 Å². The number of halogens is 1. The van der Waals surface area contributed by atoms with Crippen LogP contribution < -0.4 is 11.1 Å². The van der Waals surface area contributed by atoms with Crippen molar-refractivity contribution >= 4 is 27.5 Å². The number of rotatable bonds is 4. The highest BCUT2D eigenvalue weighted by Crippen LogP contribution is 2.21. The summed E-state index contributed by atoms with van der Waals surface area (Å²) in [4.78, 5) is 11.9. The molecule has 1 atom stereocenters. The molecule has 4 heteroatoms. The highest BCUT2D eigenvalue weighted by molar-refractivity contribution is 9.10. The molecule has 0 saturated heterocycles. The average Bonchev–Trinajstić information content (AvgIpc) is 2.22. The normalized spacial score (nSPS) is 12.6. The Bertz CT molecular complexity index is 404. The van der Waals surface area contributed by atoms with Gasteiger partial charge in [-0.3, -0.25) is 4.79 Å². The van der Waals surface area contributed by atoms with Crippen LogP contribution in [0.15, 0.2) is 22.7 Å². The first-order chi connectivity index (χ1) is 7.90. The van der Waals surface area contributed by atoms with Crippen molar-refractivity contribution in [1.82, 2.24) is 0 Å². The summed E-state index contributed by atoms with van der Waals surface area (Å²) in [5.74, 6) is 0.291. The largest absolute Gasteiger partial charge is 0.324 e. The van der Waals surface area contributed by atoms with E-state index in [0.717, 1.165) is 15.7 Å². The van der Waals surface area contributed by atoms with Crippen LogP contribution in [0.3, 0.4) is 0 Å². The van der Waals surface area contributed by atoms with Gasteiger partial charge in [0.1, 0.15) is 0 Å². The van der Waals surface area contributed by atoms with Gasteiger partial charge >= 0.3 is 0 Å². The molecule has 0 saturated carbocycles. The van der Waals surface area contributed by atoms with Crippen molar-refractivity contribution in [1.29, 1.82) is 0 Å². The quantitative estimate of drug-likeness (QED) is 0.897. The number of aryl methyl sites for hydroxylation is 1. The first-order valence-electron chi connectivity index (χ1n) is 5.72. The summed E-state index contributed by atoms with van der Waals surface area (Å²) in [6.07, 6.45) is 0.693. The van der Waals surface area contributed by atoms with Gasteiger partial charge in [-0.2, -0.15) is 0 Å². The highest BCUT2D eigenvalue weighted by atomic mass is 79.9. The molecule has 0 spiro atoms. The lowest BCUT2D eigenvalue weighted by molar-refractivity contribution is -0.117. The Hall–Kier alpha value is -0.870. The molecule has 0 radical (unpaired) electrons. The lowest BCUT2D eigenvalue weighted by Gasteiger charge is -2.15. The van der Waals surface area contributed by atoms with Crippen molar-refractivity contribution in [3.05, 3.63) is 28.2 Å². The van der Waals surface area contributed by atoms with Gasteiger partial charge in [0.05, 0.1) is 6.04 Å². The second-order valence-electron chi connectivity index (χ2n) is 4.68. The Morgan fingerprint density at radius 1 is 1.47 bits per heavy atom. The van der Waals surface area contributed by atoms with Crippen molar-refractivity contribution in [3.63, 3.8) is 0 Å². The maximum Gasteiger partial charge on any atom is 0.241 e. The Morgan fingerprint density at radius 2 is 2.12 bits per heavy atom. The second kappa shape index (κ2) is 6.17. The maximum absolute atomic E-state index is 11.9. The van der Waals surface area contributed by atoms with Crippen LogP contribution in [-0.4, -0.2) is 11.9 Å². The van der Waals surface area contributed by atoms with Crippen molar-refractivity contribution in [2.75, 3.05) is 5.32 Å². The summed E-state index contributed by atoms with van der Waals surface area (Å²) in [5, 5.41) is 2.86. The van der Waals surface area contributed by atoms with Crippen molar-refractivity contribution in [2.24, 2.45) is 11.7 Å². The molecule has 1 amide bonds. The van der Waals surface area contributed by atoms with Crippen LogP contribution in [0, 0.1) is 12.8 Å². The number of hydrogen-bond acceptors (Lipinski definition) is 2. The monoisotopic (exact) mass is 298 g/mol. The third-order valence-electron chi connectivity index (χ3n) is 2.52. The van der Waals surface area contributed by atoms with E-state index >= 15 is 0 Å². The Labute approximate surface area is 111 Å². The van der Waals surface area contributed by atoms with Crippen LogP contribution in [0.2, 0.25) is 0 Å². The van der Waals surface area contributed by atoms with Crippen LogP contribution in [-0.2, 0) is 4.79 Å². The van der Waals surface area contributed by atoms with Crippen LogP contribution in [0.1, 0.15) is 25.8 Å². The van der Waals surface area contributed by atoms with Gasteiger partial charge < -0.3 is 11.1 Å². The molecule has 94 valence electrons. The van der Waals surface area contributed by atoms with E-state index in [4.69, 9.17) is 5.73 Å². The minimum Gasteiger partial charge on any atom is -0.324 e. The standard InChI is InChI=1S/C13H19BrN2O/c1-8(2)6-11(15)13(17)16-12-7-10(14)5-4-9(12)3/h4-5,7-8,11H,6,15H2,1-3H3,(H,16,17). The number of benzene rings is 1. The van der Waals surface area contributed by atoms with Gasteiger partial charge in [0, 0.05) is 10.2 Å². The highest BCUT2D eigenvalue weighted by Gasteiger charge is 2.15. The summed E-state index contributed by atoms with van der Waals surface area (Å²) in [7, 11) is 0. The Morgan fingerprint density at radius 3 is 2.71 bits per heavy atom. The van der Waals surface area contributed by atoms with Crippen molar-refractivity contribution < 1.29 is 4.79 Å². The van der Waals surface area contributed by atoms with Crippen LogP contribution in [0.4, 0.5) is 5.69 Å². The van der Waals surface area contributed by atoms with Gasteiger partial charge in [-0.1, -0.05) is 35.8 Å². The minimum atomic E-state index is -0.451. The molecule has 17 heavy (non-hydrogen) atoms. The van der Waals surface area contributed by atoms with Crippen molar-refractivity contribution in [3.8, 4) is 0 Å². The van der Waals surface area contributed by atoms with Gasteiger partial charge in [0.15, 0.2) is 0 Å². The van der Waals surface area contributed by atoms with Crippen LogP contribution >= 0.6 is 15.9 Å². The number of nitrogens with one attached hydrogen (secondary N) is 1. The molecule has 1 unspecified atom stereocenters. The molecule has 0 fully saturated rings. The van der Waals surface area contributed by atoms with E-state index in [-0.39, 0.29) is 5.91 Å². The van der Waals surface area contributed by atoms with E-state index in [1.165, 1.54) is 0 Å². The molecule has 0 aliphatic rings. The fraction of sp³-hybridized carbons (Fsp3) is 0.462. The first-order valence-corrected chi connectivity index (χ1v) is 6.52. The number of carbonyl (C=O) groups is 1. The summed E-state index contributed by atoms with van der Waals surface area (Å²) in [6.45, 7) is 6.06. The molecule has 0 bridgehead atoms. The molecule has 3 N–H and O–H groups in total. The van der Waals surface area contributed by atoms with Gasteiger partial charge in [-0.05, 0) is 37.0 Å². The van der Waals surface area contributed by atoms with Gasteiger partial charge in [0.25, 0.3) is 0 Å². The van der Waals surface area contributed by atoms with Crippen LogP contribution in [0.25, 0.3) is 0 Å². The minimum absolute atomic E-state index is 0.125. The predicted octanol–water partition coefficient (Wildman–Crippen LogP) is 3.07. The average molecular weight is 299 g/mol. The van der Waals surface area contributed by atoms with Gasteiger partial charge in [-0.25, -0.2) is 0 Å². The molecule has 1 rings (SSSR count). The fourth-order valence-corrected chi connectivity index (χ4v) is 1.93. The Kier molecular flexibility index (Phi) is 5.15. The van der Waals surface area contributed by atoms with E-state index in [9.17, 15) is 4.79 Å². The summed E-state index contributed by atoms with van der Waals surface area (Å²) < 4.78 is 0.941. The van der Waals surface area contributed by atoms with E-state index in [1.54, 1.807) is 0 Å². The Balaban J connectivity index is 2.70. The van der Waals surface area contributed by atoms with Crippen LogP contribution in [0.5, 0.6) is 0 Å². The zero-order valence-corrected chi connectivity index (χ0v) is 12.0. The number of anilines is 1. The van der Waals surface area contributed by atoms with E-state index in [1.807, 2.05) is 25.1 Å². The fourth-order valence-electron chi connectivity index (χ4n) is 1.57.